The number of nitrogens with one attached hydrogen (secondary N) is 2. The first-order valence-corrected chi connectivity index (χ1v) is 10.5. The van der Waals surface area contributed by atoms with Gasteiger partial charge in [-0.25, -0.2) is 4.79 Å². The molecule has 7 heteroatoms. The molecule has 1 saturated heterocycles. The third kappa shape index (κ3) is 7.14. The molecular formula is C22H39N3O4. The summed E-state index contributed by atoms with van der Waals surface area (Å²) in [5, 5.41) is 15.4. The van der Waals surface area contributed by atoms with Gasteiger partial charge in [0, 0.05) is 12.6 Å². The molecule has 166 valence electrons. The monoisotopic (exact) mass is 409 g/mol. The van der Waals surface area contributed by atoms with Gasteiger partial charge in [0.05, 0.1) is 12.1 Å². The van der Waals surface area contributed by atoms with Gasteiger partial charge in [0.2, 0.25) is 11.8 Å². The maximum absolute atomic E-state index is 13.4. The van der Waals surface area contributed by atoms with Crippen molar-refractivity contribution in [2.45, 2.75) is 79.4 Å². The van der Waals surface area contributed by atoms with E-state index in [4.69, 9.17) is 0 Å². The van der Waals surface area contributed by atoms with Crippen molar-refractivity contribution in [1.82, 2.24) is 15.5 Å². The summed E-state index contributed by atoms with van der Waals surface area (Å²) in [6, 6.07) is -1.39. The van der Waals surface area contributed by atoms with Crippen LogP contribution in [0.2, 0.25) is 0 Å². The van der Waals surface area contributed by atoms with Crippen molar-refractivity contribution in [3.63, 3.8) is 0 Å². The standard InChI is InChI=1S/C22H39N3O4/c1-13(2)17(12-15(4)21(28)29)25(8)20(27)18(22(5,6)7)24-19(26)16-11-14(3)9-10-23-16/h12-14,16-18,23H,9-11H2,1-8H3,(H,24,26)(H,28,29)/b15-12+/t14-,16-,17-,18-/m1/s1. The average Bonchev–Trinajstić information content (AvgIpc) is 2.61. The number of likely N-dealkylation sites (N-methyl/N-ethyl adjacent to an activating group) is 1. The van der Waals surface area contributed by atoms with Crippen molar-refractivity contribution in [3.8, 4) is 0 Å². The SMILES string of the molecule is C/C(=C\[C@H](C(C)C)N(C)C(=O)[C@@H](NC(=O)[C@H]1C[C@H](C)CCN1)C(C)(C)C)C(=O)O. The Bertz CT molecular complexity index is 636. The zero-order chi connectivity index (χ0) is 22.5. The van der Waals surface area contributed by atoms with Crippen LogP contribution in [0.15, 0.2) is 11.6 Å². The van der Waals surface area contributed by atoms with E-state index in [9.17, 15) is 19.5 Å². The van der Waals surface area contributed by atoms with Crippen molar-refractivity contribution in [1.29, 1.82) is 0 Å². The number of nitrogens with zero attached hydrogens (tertiary/aromatic N) is 1. The quantitative estimate of drug-likeness (QED) is 0.561. The van der Waals surface area contributed by atoms with Gasteiger partial charge in [-0.05, 0) is 43.6 Å². The Hall–Kier alpha value is -1.89. The Morgan fingerprint density at radius 3 is 2.28 bits per heavy atom. The molecule has 29 heavy (non-hydrogen) atoms. The van der Waals surface area contributed by atoms with Crippen LogP contribution in [0.4, 0.5) is 0 Å². The molecule has 1 fully saturated rings. The molecule has 1 rings (SSSR count). The van der Waals surface area contributed by atoms with E-state index in [1.54, 1.807) is 18.0 Å². The van der Waals surface area contributed by atoms with Crippen LogP contribution in [0.3, 0.4) is 0 Å². The molecule has 0 aliphatic carbocycles. The first kappa shape index (κ1) is 25.1. The zero-order valence-corrected chi connectivity index (χ0v) is 19.2. The number of hydrogen-bond acceptors (Lipinski definition) is 4. The summed E-state index contributed by atoms with van der Waals surface area (Å²) in [5.74, 6) is -0.891. The number of amides is 2. The van der Waals surface area contributed by atoms with Gasteiger partial charge in [-0.3, -0.25) is 9.59 Å². The lowest BCUT2D eigenvalue weighted by molar-refractivity contribution is -0.140. The number of piperidine rings is 1. The number of hydrogen-bond donors (Lipinski definition) is 3. The number of rotatable bonds is 7. The molecule has 0 aromatic carbocycles. The third-order valence-corrected chi connectivity index (χ3v) is 5.62. The predicted molar refractivity (Wildman–Crippen MR) is 114 cm³/mol. The summed E-state index contributed by atoms with van der Waals surface area (Å²) in [5.41, 5.74) is -0.297. The molecule has 0 bridgehead atoms. The summed E-state index contributed by atoms with van der Waals surface area (Å²) >= 11 is 0. The first-order valence-electron chi connectivity index (χ1n) is 10.5. The molecule has 2 amide bonds. The molecule has 0 radical (unpaired) electrons. The van der Waals surface area contributed by atoms with E-state index >= 15 is 0 Å². The van der Waals surface area contributed by atoms with Crippen molar-refractivity contribution in [2.24, 2.45) is 17.3 Å². The van der Waals surface area contributed by atoms with E-state index < -0.39 is 17.4 Å². The molecule has 4 atom stereocenters. The molecule has 0 spiro atoms. The minimum atomic E-state index is -1.00. The van der Waals surface area contributed by atoms with Crippen LogP contribution < -0.4 is 10.6 Å². The van der Waals surface area contributed by atoms with Gasteiger partial charge >= 0.3 is 5.97 Å². The Labute approximate surface area is 175 Å². The van der Waals surface area contributed by atoms with Crippen LogP contribution in [0.1, 0.15) is 61.3 Å². The van der Waals surface area contributed by atoms with Crippen LogP contribution in [0, 0.1) is 17.3 Å². The van der Waals surface area contributed by atoms with Crippen molar-refractivity contribution >= 4 is 17.8 Å². The number of carboxylic acid groups (broad SMARTS) is 1. The second-order valence-electron chi connectivity index (χ2n) is 9.78. The maximum Gasteiger partial charge on any atom is 0.331 e. The Balaban J connectivity index is 3.07. The Morgan fingerprint density at radius 2 is 1.83 bits per heavy atom. The molecule has 3 N–H and O–H groups in total. The van der Waals surface area contributed by atoms with Gasteiger partial charge in [0.1, 0.15) is 6.04 Å². The lowest BCUT2D eigenvalue weighted by atomic mass is 9.84. The van der Waals surface area contributed by atoms with Gasteiger partial charge in [0.25, 0.3) is 0 Å². The number of carbonyl (C=O) groups is 3. The van der Waals surface area contributed by atoms with Crippen LogP contribution >= 0.6 is 0 Å². The highest BCUT2D eigenvalue weighted by molar-refractivity contribution is 5.91. The zero-order valence-electron chi connectivity index (χ0n) is 19.2. The summed E-state index contributed by atoms with van der Waals surface area (Å²) in [6.45, 7) is 14.1. The summed E-state index contributed by atoms with van der Waals surface area (Å²) < 4.78 is 0. The molecule has 0 saturated carbocycles. The minimum absolute atomic E-state index is 0.0235. The van der Waals surface area contributed by atoms with E-state index in [-0.39, 0.29) is 35.4 Å². The highest BCUT2D eigenvalue weighted by Gasteiger charge is 2.38. The van der Waals surface area contributed by atoms with Crippen molar-refractivity contribution in [3.05, 3.63) is 11.6 Å². The van der Waals surface area contributed by atoms with E-state index in [0.29, 0.717) is 5.92 Å². The lowest BCUT2D eigenvalue weighted by Crippen LogP contribution is -2.59. The Morgan fingerprint density at radius 1 is 1.24 bits per heavy atom. The largest absolute Gasteiger partial charge is 0.478 e. The molecular weight excluding hydrogens is 370 g/mol. The van der Waals surface area contributed by atoms with Gasteiger partial charge in [-0.1, -0.05) is 47.6 Å². The molecule has 7 nitrogen and oxygen atoms in total. The highest BCUT2D eigenvalue weighted by Crippen LogP contribution is 2.24. The van der Waals surface area contributed by atoms with Crippen LogP contribution in [-0.2, 0) is 14.4 Å². The highest BCUT2D eigenvalue weighted by atomic mass is 16.4. The molecule has 1 aliphatic heterocycles. The summed E-state index contributed by atoms with van der Waals surface area (Å²) in [6.07, 6.45) is 3.40. The first-order chi connectivity index (χ1) is 13.3. The summed E-state index contributed by atoms with van der Waals surface area (Å²) in [4.78, 5) is 39.1. The van der Waals surface area contributed by atoms with E-state index in [2.05, 4.69) is 17.6 Å². The molecule has 1 heterocycles. The lowest BCUT2D eigenvalue weighted by Gasteiger charge is -2.38. The second kappa shape index (κ2) is 10.2. The molecule has 0 aromatic heterocycles. The fourth-order valence-corrected chi connectivity index (χ4v) is 3.63. The van der Waals surface area contributed by atoms with Gasteiger partial charge in [-0.15, -0.1) is 0 Å². The van der Waals surface area contributed by atoms with Crippen LogP contribution in [-0.4, -0.2) is 59.5 Å². The van der Waals surface area contributed by atoms with E-state index in [1.165, 1.54) is 6.92 Å². The number of carbonyl (C=O) groups excluding carboxylic acids is 2. The molecule has 0 unspecified atom stereocenters. The van der Waals surface area contributed by atoms with E-state index in [0.717, 1.165) is 19.4 Å². The molecule has 0 aromatic rings. The minimum Gasteiger partial charge on any atom is -0.478 e. The van der Waals surface area contributed by atoms with Crippen molar-refractivity contribution in [2.75, 3.05) is 13.6 Å². The van der Waals surface area contributed by atoms with E-state index in [1.807, 2.05) is 34.6 Å². The number of carboxylic acids is 1. The topological polar surface area (TPSA) is 98.7 Å². The fraction of sp³-hybridized carbons (Fsp3) is 0.773. The smallest absolute Gasteiger partial charge is 0.331 e. The second-order valence-corrected chi connectivity index (χ2v) is 9.78. The average molecular weight is 410 g/mol. The molecule has 1 aliphatic rings. The normalized spacial score (nSPS) is 22.7. The van der Waals surface area contributed by atoms with Crippen molar-refractivity contribution < 1.29 is 19.5 Å². The van der Waals surface area contributed by atoms with Crippen LogP contribution in [0.5, 0.6) is 0 Å². The fourth-order valence-electron chi connectivity index (χ4n) is 3.63. The predicted octanol–water partition coefficient (Wildman–Crippen LogP) is 2.42. The van der Waals surface area contributed by atoms with Crippen LogP contribution in [0.25, 0.3) is 0 Å². The third-order valence-electron chi connectivity index (χ3n) is 5.62. The number of aliphatic carboxylic acids is 1. The van der Waals surface area contributed by atoms with Gasteiger partial charge in [0.15, 0.2) is 0 Å². The maximum atomic E-state index is 13.4. The van der Waals surface area contributed by atoms with Gasteiger partial charge < -0.3 is 20.6 Å². The van der Waals surface area contributed by atoms with Gasteiger partial charge in [-0.2, -0.15) is 0 Å². The summed E-state index contributed by atoms with van der Waals surface area (Å²) in [7, 11) is 1.67. The Kier molecular flexibility index (Phi) is 8.87.